The molecule has 0 bridgehead atoms. The third-order valence-electron chi connectivity index (χ3n) is 3.62. The van der Waals surface area contributed by atoms with Gasteiger partial charge in [-0.2, -0.15) is 0 Å². The predicted molar refractivity (Wildman–Crippen MR) is 69.2 cm³/mol. The quantitative estimate of drug-likeness (QED) is 0.855. The second kappa shape index (κ2) is 4.49. The summed E-state index contributed by atoms with van der Waals surface area (Å²) in [7, 11) is 0. The maximum absolute atomic E-state index is 4.57. The van der Waals surface area contributed by atoms with E-state index in [4.69, 9.17) is 0 Å². The molecule has 0 spiro atoms. The zero-order chi connectivity index (χ0) is 11.7. The number of nitrogens with one attached hydrogen (secondary N) is 1. The average molecular weight is 229 g/mol. The highest BCUT2D eigenvalue weighted by molar-refractivity contribution is 5.46. The molecule has 1 aliphatic rings. The third kappa shape index (κ3) is 2.20. The van der Waals surface area contributed by atoms with Gasteiger partial charge in [-0.3, -0.25) is 0 Å². The third-order valence-corrected chi connectivity index (χ3v) is 3.62. The second-order valence-electron chi connectivity index (χ2n) is 5.09. The zero-order valence-electron chi connectivity index (χ0n) is 10.3. The number of aryl methyl sites for hydroxylation is 1. The van der Waals surface area contributed by atoms with Crippen molar-refractivity contribution in [3.63, 3.8) is 0 Å². The molecule has 3 heteroatoms. The van der Waals surface area contributed by atoms with E-state index < -0.39 is 0 Å². The van der Waals surface area contributed by atoms with Crippen LogP contribution in [0.2, 0.25) is 0 Å². The van der Waals surface area contributed by atoms with Crippen LogP contribution in [0.25, 0.3) is 5.52 Å². The fraction of sp³-hybridized carbons (Fsp3) is 0.500. The first-order valence-corrected chi connectivity index (χ1v) is 6.46. The molecule has 2 aromatic rings. The lowest BCUT2D eigenvalue weighted by atomic mass is 9.96. The minimum Gasteiger partial charge on any atom is -0.316 e. The minimum absolute atomic E-state index is 0.745. The van der Waals surface area contributed by atoms with Gasteiger partial charge in [0.25, 0.3) is 0 Å². The van der Waals surface area contributed by atoms with Gasteiger partial charge in [0, 0.05) is 12.6 Å². The Morgan fingerprint density at radius 1 is 1.47 bits per heavy atom. The summed E-state index contributed by atoms with van der Waals surface area (Å²) >= 11 is 0. The molecule has 0 aliphatic carbocycles. The summed E-state index contributed by atoms with van der Waals surface area (Å²) in [5.41, 5.74) is 2.49. The summed E-state index contributed by atoms with van der Waals surface area (Å²) in [5.74, 6) is 1.95. The van der Waals surface area contributed by atoms with Crippen LogP contribution >= 0.6 is 0 Å². The molecule has 1 aliphatic heterocycles. The van der Waals surface area contributed by atoms with Crippen LogP contribution in [0, 0.1) is 12.8 Å². The van der Waals surface area contributed by atoms with Crippen LogP contribution in [0.3, 0.4) is 0 Å². The maximum Gasteiger partial charge on any atom is 0.113 e. The Bertz CT molecular complexity index is 509. The van der Waals surface area contributed by atoms with E-state index in [0.717, 1.165) is 18.9 Å². The topological polar surface area (TPSA) is 29.3 Å². The summed E-state index contributed by atoms with van der Waals surface area (Å²) in [6.45, 7) is 4.45. The summed E-state index contributed by atoms with van der Waals surface area (Å²) in [4.78, 5) is 4.57. The molecule has 0 radical (unpaired) electrons. The van der Waals surface area contributed by atoms with Gasteiger partial charge in [-0.15, -0.1) is 0 Å². The number of imidazole rings is 1. The van der Waals surface area contributed by atoms with Crippen LogP contribution < -0.4 is 5.32 Å². The molecule has 3 nitrogen and oxygen atoms in total. The molecular formula is C14H19N3. The molecule has 0 saturated carbocycles. The Labute approximate surface area is 102 Å². The summed E-state index contributed by atoms with van der Waals surface area (Å²) in [5, 5.41) is 3.47. The minimum atomic E-state index is 0.745. The van der Waals surface area contributed by atoms with Crippen molar-refractivity contribution in [2.75, 3.05) is 13.1 Å². The Morgan fingerprint density at radius 3 is 3.24 bits per heavy atom. The molecule has 1 N–H and O–H groups in total. The van der Waals surface area contributed by atoms with Crippen molar-refractivity contribution in [3.8, 4) is 0 Å². The van der Waals surface area contributed by atoms with Crippen molar-refractivity contribution < 1.29 is 0 Å². The van der Waals surface area contributed by atoms with Crippen LogP contribution in [0.5, 0.6) is 0 Å². The van der Waals surface area contributed by atoms with Gasteiger partial charge < -0.3 is 9.72 Å². The van der Waals surface area contributed by atoms with E-state index in [-0.39, 0.29) is 0 Å². The van der Waals surface area contributed by atoms with Gasteiger partial charge in [0.1, 0.15) is 5.82 Å². The number of hydrogen-bond donors (Lipinski definition) is 1. The highest BCUT2D eigenvalue weighted by atomic mass is 15.0. The largest absolute Gasteiger partial charge is 0.316 e. The lowest BCUT2D eigenvalue weighted by Crippen LogP contribution is -2.31. The van der Waals surface area contributed by atoms with Gasteiger partial charge in [0.15, 0.2) is 0 Å². The Hall–Kier alpha value is -1.35. The first kappa shape index (κ1) is 10.8. The Morgan fingerprint density at radius 2 is 2.41 bits per heavy atom. The SMILES string of the molecule is Cc1ccc2cnc(CC3CCCNC3)n2c1. The van der Waals surface area contributed by atoms with Crippen molar-refractivity contribution >= 4 is 5.52 Å². The number of nitrogens with zero attached hydrogens (tertiary/aromatic N) is 2. The first-order valence-electron chi connectivity index (χ1n) is 6.46. The number of piperidine rings is 1. The van der Waals surface area contributed by atoms with Gasteiger partial charge >= 0.3 is 0 Å². The van der Waals surface area contributed by atoms with Crippen LogP contribution in [0.15, 0.2) is 24.5 Å². The van der Waals surface area contributed by atoms with Crippen molar-refractivity contribution in [1.82, 2.24) is 14.7 Å². The van der Waals surface area contributed by atoms with Gasteiger partial charge in [-0.05, 0) is 50.4 Å². The van der Waals surface area contributed by atoms with E-state index in [9.17, 15) is 0 Å². The molecule has 3 heterocycles. The molecule has 17 heavy (non-hydrogen) atoms. The molecule has 2 aromatic heterocycles. The van der Waals surface area contributed by atoms with Crippen LogP contribution in [0.1, 0.15) is 24.2 Å². The van der Waals surface area contributed by atoms with Crippen molar-refractivity contribution in [2.24, 2.45) is 5.92 Å². The zero-order valence-corrected chi connectivity index (χ0v) is 10.3. The number of aromatic nitrogens is 2. The number of pyridine rings is 1. The first-order chi connectivity index (χ1) is 8.33. The standard InChI is InChI=1S/C14H19N3/c1-11-4-5-13-9-16-14(17(13)10-11)7-12-3-2-6-15-8-12/h4-5,9-10,12,15H,2-3,6-8H2,1H3. The van der Waals surface area contributed by atoms with Gasteiger partial charge in [-0.1, -0.05) is 6.07 Å². The molecule has 1 unspecified atom stereocenters. The van der Waals surface area contributed by atoms with Gasteiger partial charge in [0.2, 0.25) is 0 Å². The number of fused-ring (bicyclic) bond motifs is 1. The average Bonchev–Trinajstić information content (AvgIpc) is 2.73. The molecule has 3 rings (SSSR count). The van der Waals surface area contributed by atoms with Crippen molar-refractivity contribution in [1.29, 1.82) is 0 Å². The van der Waals surface area contributed by atoms with Crippen LogP contribution in [0.4, 0.5) is 0 Å². The van der Waals surface area contributed by atoms with Gasteiger partial charge in [0.05, 0.1) is 11.7 Å². The smallest absolute Gasteiger partial charge is 0.113 e. The fourth-order valence-electron chi connectivity index (χ4n) is 2.66. The summed E-state index contributed by atoms with van der Waals surface area (Å²) < 4.78 is 2.24. The summed E-state index contributed by atoms with van der Waals surface area (Å²) in [6, 6.07) is 4.29. The maximum atomic E-state index is 4.57. The van der Waals surface area contributed by atoms with E-state index in [2.05, 4.69) is 40.0 Å². The summed E-state index contributed by atoms with van der Waals surface area (Å²) in [6.07, 6.45) is 7.88. The lowest BCUT2D eigenvalue weighted by Gasteiger charge is -2.22. The molecule has 1 atom stereocenters. The second-order valence-corrected chi connectivity index (χ2v) is 5.09. The Kier molecular flexibility index (Phi) is 2.85. The van der Waals surface area contributed by atoms with E-state index in [1.54, 1.807) is 0 Å². The van der Waals surface area contributed by atoms with Crippen molar-refractivity contribution in [3.05, 3.63) is 35.9 Å². The molecule has 1 saturated heterocycles. The monoisotopic (exact) mass is 229 g/mol. The molecule has 90 valence electrons. The lowest BCUT2D eigenvalue weighted by molar-refractivity contribution is 0.370. The highest BCUT2D eigenvalue weighted by Crippen LogP contribution is 2.17. The molecule has 0 amide bonds. The van der Waals surface area contributed by atoms with Gasteiger partial charge in [-0.25, -0.2) is 4.98 Å². The fourth-order valence-corrected chi connectivity index (χ4v) is 2.66. The molecule has 0 aromatic carbocycles. The van der Waals surface area contributed by atoms with E-state index in [0.29, 0.717) is 0 Å². The van der Waals surface area contributed by atoms with E-state index in [1.807, 2.05) is 6.20 Å². The van der Waals surface area contributed by atoms with Crippen molar-refractivity contribution in [2.45, 2.75) is 26.2 Å². The van der Waals surface area contributed by atoms with E-state index >= 15 is 0 Å². The normalized spacial score (nSPS) is 20.9. The predicted octanol–water partition coefficient (Wildman–Crippen LogP) is 2.18. The number of hydrogen-bond acceptors (Lipinski definition) is 2. The van der Waals surface area contributed by atoms with E-state index in [1.165, 1.54) is 36.3 Å². The highest BCUT2D eigenvalue weighted by Gasteiger charge is 2.15. The van der Waals surface area contributed by atoms with Crippen LogP contribution in [-0.2, 0) is 6.42 Å². The number of rotatable bonds is 2. The Balaban J connectivity index is 1.86. The molecular weight excluding hydrogens is 210 g/mol. The molecule has 1 fully saturated rings. The van der Waals surface area contributed by atoms with Crippen LogP contribution in [-0.4, -0.2) is 22.5 Å².